The first-order valence-corrected chi connectivity index (χ1v) is 8.28. The third kappa shape index (κ3) is 2.53. The molecule has 0 aliphatic carbocycles. The number of nitrogens with one attached hydrogen (secondary N) is 1. The van der Waals surface area contributed by atoms with Gasteiger partial charge in [-0.25, -0.2) is 8.42 Å². The molecule has 4 nitrogen and oxygen atoms in total. The normalized spacial score (nSPS) is 22.1. The van der Waals surface area contributed by atoms with Crippen molar-refractivity contribution in [3.05, 3.63) is 35.6 Å². The molecule has 0 radical (unpaired) electrons. The van der Waals surface area contributed by atoms with Crippen LogP contribution in [-0.2, 0) is 16.4 Å². The van der Waals surface area contributed by atoms with Crippen LogP contribution in [0.25, 0.3) is 11.0 Å². The van der Waals surface area contributed by atoms with Crippen LogP contribution in [0.5, 0.6) is 0 Å². The summed E-state index contributed by atoms with van der Waals surface area (Å²) in [4.78, 5) is 0. The van der Waals surface area contributed by atoms with Crippen LogP contribution < -0.4 is 5.32 Å². The van der Waals surface area contributed by atoms with Gasteiger partial charge in [-0.05, 0) is 19.4 Å². The van der Waals surface area contributed by atoms with Gasteiger partial charge in [0.05, 0.1) is 11.5 Å². The van der Waals surface area contributed by atoms with Crippen LogP contribution in [0.2, 0.25) is 0 Å². The van der Waals surface area contributed by atoms with Crippen molar-refractivity contribution in [2.75, 3.05) is 11.5 Å². The van der Waals surface area contributed by atoms with E-state index in [-0.39, 0.29) is 11.8 Å². The van der Waals surface area contributed by atoms with E-state index in [0.717, 1.165) is 22.3 Å². The van der Waals surface area contributed by atoms with E-state index in [4.69, 9.17) is 4.42 Å². The summed E-state index contributed by atoms with van der Waals surface area (Å²) in [5.41, 5.74) is 2.01. The van der Waals surface area contributed by atoms with Gasteiger partial charge < -0.3 is 9.73 Å². The van der Waals surface area contributed by atoms with Crippen LogP contribution in [-0.4, -0.2) is 26.0 Å². The number of aryl methyl sites for hydroxylation is 1. The summed E-state index contributed by atoms with van der Waals surface area (Å²) >= 11 is 0. The zero-order valence-electron chi connectivity index (χ0n) is 10.8. The lowest BCUT2D eigenvalue weighted by Gasteiger charge is -2.10. The number of furan rings is 1. The third-order valence-electron chi connectivity index (χ3n) is 3.70. The maximum atomic E-state index is 11.4. The second-order valence-electron chi connectivity index (χ2n) is 5.11. The molecule has 19 heavy (non-hydrogen) atoms. The lowest BCUT2D eigenvalue weighted by molar-refractivity contribution is 0.535. The fraction of sp³-hybridized carbons (Fsp3) is 0.429. The van der Waals surface area contributed by atoms with Gasteiger partial charge in [-0.2, -0.15) is 0 Å². The number of rotatable bonds is 3. The third-order valence-corrected chi connectivity index (χ3v) is 5.47. The monoisotopic (exact) mass is 279 g/mol. The number of para-hydroxylation sites is 1. The van der Waals surface area contributed by atoms with Crippen molar-refractivity contribution in [3.8, 4) is 0 Å². The minimum Gasteiger partial charge on any atom is -0.461 e. The molecule has 2 heterocycles. The van der Waals surface area contributed by atoms with E-state index in [1.165, 1.54) is 0 Å². The molecular weight excluding hydrogens is 262 g/mol. The highest BCUT2D eigenvalue weighted by Gasteiger charge is 2.27. The molecule has 1 N–H and O–H groups in total. The van der Waals surface area contributed by atoms with Crippen LogP contribution in [0.3, 0.4) is 0 Å². The summed E-state index contributed by atoms with van der Waals surface area (Å²) in [5.74, 6) is 1.45. The maximum absolute atomic E-state index is 11.4. The molecule has 0 bridgehead atoms. The van der Waals surface area contributed by atoms with Crippen molar-refractivity contribution in [2.24, 2.45) is 0 Å². The van der Waals surface area contributed by atoms with Crippen molar-refractivity contribution in [3.63, 3.8) is 0 Å². The highest BCUT2D eigenvalue weighted by atomic mass is 32.2. The first kappa shape index (κ1) is 12.7. The van der Waals surface area contributed by atoms with E-state index in [1.54, 1.807) is 0 Å². The van der Waals surface area contributed by atoms with E-state index in [2.05, 4.69) is 5.32 Å². The number of hydrogen-bond donors (Lipinski definition) is 1. The van der Waals surface area contributed by atoms with Gasteiger partial charge >= 0.3 is 0 Å². The molecule has 3 rings (SSSR count). The number of hydrogen-bond acceptors (Lipinski definition) is 4. The molecule has 5 heteroatoms. The molecule has 0 spiro atoms. The van der Waals surface area contributed by atoms with Gasteiger partial charge in [0.25, 0.3) is 0 Å². The number of fused-ring (bicyclic) bond motifs is 1. The number of benzene rings is 1. The van der Waals surface area contributed by atoms with Crippen LogP contribution >= 0.6 is 0 Å². The average molecular weight is 279 g/mol. The molecule has 102 valence electrons. The standard InChI is InChI=1S/C14H17NO3S/c1-10-13(12-4-2-3-5-14(12)18-10)8-15-11-6-7-19(16,17)9-11/h2-5,11,15H,6-9H2,1H3. The average Bonchev–Trinajstić information content (AvgIpc) is 2.86. The predicted molar refractivity (Wildman–Crippen MR) is 74.8 cm³/mol. The van der Waals surface area contributed by atoms with Gasteiger partial charge in [0.15, 0.2) is 9.84 Å². The van der Waals surface area contributed by atoms with Gasteiger partial charge in [-0.15, -0.1) is 0 Å². The molecule has 1 aliphatic rings. The van der Waals surface area contributed by atoms with Crippen molar-refractivity contribution < 1.29 is 12.8 Å². The zero-order valence-corrected chi connectivity index (χ0v) is 11.7. The van der Waals surface area contributed by atoms with Crippen molar-refractivity contribution >= 4 is 20.8 Å². The van der Waals surface area contributed by atoms with Crippen molar-refractivity contribution in [2.45, 2.75) is 25.9 Å². The molecule has 2 aromatic rings. The molecule has 1 atom stereocenters. The summed E-state index contributed by atoms with van der Waals surface area (Å²) in [7, 11) is -2.83. The Labute approximate surface area is 112 Å². The molecule has 1 aromatic carbocycles. The fourth-order valence-corrected chi connectivity index (χ4v) is 4.35. The molecule has 0 amide bonds. The van der Waals surface area contributed by atoms with E-state index in [1.807, 2.05) is 31.2 Å². The second-order valence-corrected chi connectivity index (χ2v) is 7.34. The first-order chi connectivity index (χ1) is 9.05. The Bertz CT molecular complexity index is 703. The van der Waals surface area contributed by atoms with E-state index in [9.17, 15) is 8.42 Å². The van der Waals surface area contributed by atoms with Gasteiger partial charge in [0.1, 0.15) is 11.3 Å². The summed E-state index contributed by atoms with van der Waals surface area (Å²) < 4.78 is 28.5. The van der Waals surface area contributed by atoms with E-state index < -0.39 is 9.84 Å². The summed E-state index contributed by atoms with van der Waals surface area (Å²) in [6.07, 6.45) is 0.706. The Morgan fingerprint density at radius 2 is 2.16 bits per heavy atom. The zero-order chi connectivity index (χ0) is 13.5. The van der Waals surface area contributed by atoms with Crippen molar-refractivity contribution in [1.82, 2.24) is 5.32 Å². The maximum Gasteiger partial charge on any atom is 0.151 e. The van der Waals surface area contributed by atoms with Crippen LogP contribution in [0.15, 0.2) is 28.7 Å². The SMILES string of the molecule is Cc1oc2ccccc2c1CNC1CCS(=O)(=O)C1. The molecule has 0 saturated carbocycles. The van der Waals surface area contributed by atoms with E-state index >= 15 is 0 Å². The highest BCUT2D eigenvalue weighted by molar-refractivity contribution is 7.91. The minimum absolute atomic E-state index is 0.0677. The topological polar surface area (TPSA) is 59.3 Å². The largest absolute Gasteiger partial charge is 0.461 e. The molecule has 1 saturated heterocycles. The lowest BCUT2D eigenvalue weighted by Crippen LogP contribution is -2.29. The highest BCUT2D eigenvalue weighted by Crippen LogP contribution is 2.25. The van der Waals surface area contributed by atoms with Crippen LogP contribution in [0.1, 0.15) is 17.7 Å². The summed E-state index contributed by atoms with van der Waals surface area (Å²) in [5, 5.41) is 4.44. The Kier molecular flexibility index (Phi) is 3.11. The molecule has 1 fully saturated rings. The second kappa shape index (κ2) is 4.65. The van der Waals surface area contributed by atoms with Gasteiger partial charge in [0, 0.05) is 23.5 Å². The smallest absolute Gasteiger partial charge is 0.151 e. The summed E-state index contributed by atoms with van der Waals surface area (Å²) in [6.45, 7) is 2.60. The Morgan fingerprint density at radius 3 is 2.89 bits per heavy atom. The quantitative estimate of drug-likeness (QED) is 0.934. The molecule has 1 unspecified atom stereocenters. The molecular formula is C14H17NO3S. The fourth-order valence-electron chi connectivity index (χ4n) is 2.64. The van der Waals surface area contributed by atoms with Gasteiger partial charge in [0.2, 0.25) is 0 Å². The Balaban J connectivity index is 1.77. The summed E-state index contributed by atoms with van der Waals surface area (Å²) in [6, 6.07) is 7.99. The van der Waals surface area contributed by atoms with Gasteiger partial charge in [-0.1, -0.05) is 18.2 Å². The van der Waals surface area contributed by atoms with Gasteiger partial charge in [-0.3, -0.25) is 0 Å². The predicted octanol–water partition coefficient (Wildman–Crippen LogP) is 2.02. The van der Waals surface area contributed by atoms with Crippen molar-refractivity contribution in [1.29, 1.82) is 0 Å². The van der Waals surface area contributed by atoms with Crippen LogP contribution in [0.4, 0.5) is 0 Å². The molecule has 1 aromatic heterocycles. The van der Waals surface area contributed by atoms with E-state index in [0.29, 0.717) is 18.7 Å². The molecule has 1 aliphatic heterocycles. The Hall–Kier alpha value is -1.33. The minimum atomic E-state index is -2.83. The Morgan fingerprint density at radius 1 is 1.37 bits per heavy atom. The first-order valence-electron chi connectivity index (χ1n) is 6.46. The van der Waals surface area contributed by atoms with Crippen LogP contribution in [0, 0.1) is 6.92 Å². The lowest BCUT2D eigenvalue weighted by atomic mass is 10.1. The number of sulfone groups is 1.